The average molecular weight is 326 g/mol. The van der Waals surface area contributed by atoms with Crippen molar-refractivity contribution in [1.82, 2.24) is 4.90 Å². The van der Waals surface area contributed by atoms with Gasteiger partial charge in [-0.05, 0) is 65.7 Å². The zero-order valence-corrected chi connectivity index (χ0v) is 13.0. The summed E-state index contributed by atoms with van der Waals surface area (Å²) in [7, 11) is 1.86. The standard InChI is InChI=1S/C15H20BrNO2/c1-10-3-6-12(7-4-10)17(2)15(19)11-5-8-13(16)14(18)9-11/h5,8-10,12,18H,3-4,6-7H2,1-2H3. The lowest BCUT2D eigenvalue weighted by molar-refractivity contribution is 0.0679. The van der Waals surface area contributed by atoms with Gasteiger partial charge in [-0.25, -0.2) is 0 Å². The van der Waals surface area contributed by atoms with Crippen LogP contribution in [0.1, 0.15) is 43.0 Å². The summed E-state index contributed by atoms with van der Waals surface area (Å²) < 4.78 is 0.609. The molecule has 1 aliphatic carbocycles. The molecule has 0 spiro atoms. The molecule has 0 aromatic heterocycles. The smallest absolute Gasteiger partial charge is 0.253 e. The fraction of sp³-hybridized carbons (Fsp3) is 0.533. The molecule has 1 N–H and O–H groups in total. The number of rotatable bonds is 2. The van der Waals surface area contributed by atoms with E-state index in [2.05, 4.69) is 22.9 Å². The number of aromatic hydroxyl groups is 1. The molecule has 1 aliphatic rings. The first-order chi connectivity index (χ1) is 8.99. The molecule has 1 aromatic carbocycles. The van der Waals surface area contributed by atoms with Crippen LogP contribution in [-0.2, 0) is 0 Å². The van der Waals surface area contributed by atoms with Gasteiger partial charge in [-0.15, -0.1) is 0 Å². The maximum absolute atomic E-state index is 12.4. The van der Waals surface area contributed by atoms with E-state index in [9.17, 15) is 9.90 Å². The quantitative estimate of drug-likeness (QED) is 0.898. The highest BCUT2D eigenvalue weighted by Crippen LogP contribution is 2.29. The minimum Gasteiger partial charge on any atom is -0.507 e. The van der Waals surface area contributed by atoms with Crippen molar-refractivity contribution < 1.29 is 9.90 Å². The van der Waals surface area contributed by atoms with Crippen molar-refractivity contribution in [3.8, 4) is 5.75 Å². The van der Waals surface area contributed by atoms with Gasteiger partial charge in [0.05, 0.1) is 4.47 Å². The fourth-order valence-electron chi connectivity index (χ4n) is 2.64. The van der Waals surface area contributed by atoms with Crippen LogP contribution < -0.4 is 0 Å². The molecule has 1 saturated carbocycles. The third-order valence-electron chi connectivity index (χ3n) is 4.05. The number of benzene rings is 1. The van der Waals surface area contributed by atoms with Gasteiger partial charge >= 0.3 is 0 Å². The number of hydrogen-bond acceptors (Lipinski definition) is 2. The van der Waals surface area contributed by atoms with Crippen LogP contribution in [0, 0.1) is 5.92 Å². The zero-order valence-electron chi connectivity index (χ0n) is 11.4. The van der Waals surface area contributed by atoms with Crippen molar-refractivity contribution in [2.24, 2.45) is 5.92 Å². The van der Waals surface area contributed by atoms with E-state index in [-0.39, 0.29) is 11.7 Å². The Morgan fingerprint density at radius 3 is 2.53 bits per heavy atom. The summed E-state index contributed by atoms with van der Waals surface area (Å²) in [6.45, 7) is 2.27. The summed E-state index contributed by atoms with van der Waals surface area (Å²) >= 11 is 3.22. The summed E-state index contributed by atoms with van der Waals surface area (Å²) in [5, 5.41) is 9.66. The molecule has 1 amide bonds. The van der Waals surface area contributed by atoms with Crippen molar-refractivity contribution in [2.75, 3.05) is 7.05 Å². The third kappa shape index (κ3) is 3.30. The van der Waals surface area contributed by atoms with Gasteiger partial charge in [0.2, 0.25) is 0 Å². The summed E-state index contributed by atoms with van der Waals surface area (Å²) in [5.41, 5.74) is 0.543. The molecule has 1 fully saturated rings. The largest absolute Gasteiger partial charge is 0.507 e. The Kier molecular flexibility index (Phi) is 4.50. The highest BCUT2D eigenvalue weighted by molar-refractivity contribution is 9.10. The van der Waals surface area contributed by atoms with Crippen LogP contribution in [-0.4, -0.2) is 29.0 Å². The van der Waals surface area contributed by atoms with Gasteiger partial charge in [0.1, 0.15) is 5.75 Å². The van der Waals surface area contributed by atoms with Crippen LogP contribution >= 0.6 is 15.9 Å². The highest BCUT2D eigenvalue weighted by Gasteiger charge is 2.25. The number of carbonyl (C=O) groups is 1. The number of phenolic OH excluding ortho intramolecular Hbond substituents is 1. The van der Waals surface area contributed by atoms with Crippen molar-refractivity contribution in [3.05, 3.63) is 28.2 Å². The molecule has 4 heteroatoms. The van der Waals surface area contributed by atoms with Crippen molar-refractivity contribution >= 4 is 21.8 Å². The van der Waals surface area contributed by atoms with Gasteiger partial charge in [0.25, 0.3) is 5.91 Å². The minimum atomic E-state index is -0.0117. The van der Waals surface area contributed by atoms with E-state index in [1.807, 2.05) is 11.9 Å². The highest BCUT2D eigenvalue weighted by atomic mass is 79.9. The molecule has 3 nitrogen and oxygen atoms in total. The number of hydrogen-bond donors (Lipinski definition) is 1. The lowest BCUT2D eigenvalue weighted by Gasteiger charge is -2.33. The average Bonchev–Trinajstić information content (AvgIpc) is 2.41. The van der Waals surface area contributed by atoms with E-state index in [0.29, 0.717) is 16.1 Å². The number of halogens is 1. The molecule has 0 atom stereocenters. The van der Waals surface area contributed by atoms with Crippen LogP contribution in [0.2, 0.25) is 0 Å². The SMILES string of the molecule is CC1CCC(N(C)C(=O)c2ccc(Br)c(O)c2)CC1. The predicted molar refractivity (Wildman–Crippen MR) is 79.3 cm³/mol. The van der Waals surface area contributed by atoms with Crippen molar-refractivity contribution in [2.45, 2.75) is 38.6 Å². The van der Waals surface area contributed by atoms with Gasteiger partial charge in [0, 0.05) is 18.7 Å². The van der Waals surface area contributed by atoms with E-state index in [1.165, 1.54) is 18.9 Å². The fourth-order valence-corrected chi connectivity index (χ4v) is 2.89. The molecule has 19 heavy (non-hydrogen) atoms. The molecule has 0 radical (unpaired) electrons. The number of nitrogens with zero attached hydrogens (tertiary/aromatic N) is 1. The second-order valence-corrected chi connectivity index (χ2v) is 6.35. The molecule has 1 aromatic rings. The Hall–Kier alpha value is -1.03. The first-order valence-electron chi connectivity index (χ1n) is 6.74. The third-order valence-corrected chi connectivity index (χ3v) is 4.72. The summed E-state index contributed by atoms with van der Waals surface area (Å²) in [4.78, 5) is 14.2. The molecular weight excluding hydrogens is 306 g/mol. The summed E-state index contributed by atoms with van der Waals surface area (Å²) in [6.07, 6.45) is 4.53. The van der Waals surface area contributed by atoms with Crippen molar-refractivity contribution in [1.29, 1.82) is 0 Å². The van der Waals surface area contributed by atoms with Crippen LogP contribution in [0.15, 0.2) is 22.7 Å². The Bertz CT molecular complexity index is 467. The van der Waals surface area contributed by atoms with Gasteiger partial charge < -0.3 is 10.0 Å². The Morgan fingerprint density at radius 1 is 1.32 bits per heavy atom. The minimum absolute atomic E-state index is 0.0117. The molecule has 0 aliphatic heterocycles. The predicted octanol–water partition coefficient (Wildman–Crippen LogP) is 3.81. The molecular formula is C15H20BrNO2. The first-order valence-corrected chi connectivity index (χ1v) is 7.54. The monoisotopic (exact) mass is 325 g/mol. The summed E-state index contributed by atoms with van der Waals surface area (Å²) in [5.74, 6) is 0.871. The number of phenols is 1. The maximum Gasteiger partial charge on any atom is 0.253 e. The molecule has 0 bridgehead atoms. The normalized spacial score (nSPS) is 23.1. The zero-order chi connectivity index (χ0) is 14.0. The van der Waals surface area contributed by atoms with Crippen LogP contribution in [0.25, 0.3) is 0 Å². The topological polar surface area (TPSA) is 40.5 Å². The van der Waals surface area contributed by atoms with E-state index in [0.717, 1.165) is 18.8 Å². The van der Waals surface area contributed by atoms with Crippen molar-refractivity contribution in [3.63, 3.8) is 0 Å². The van der Waals surface area contributed by atoms with Crippen LogP contribution in [0.5, 0.6) is 5.75 Å². The number of carbonyl (C=O) groups excluding carboxylic acids is 1. The van der Waals surface area contributed by atoms with E-state index >= 15 is 0 Å². The van der Waals surface area contributed by atoms with Crippen LogP contribution in [0.3, 0.4) is 0 Å². The Morgan fingerprint density at radius 2 is 1.95 bits per heavy atom. The van der Waals surface area contributed by atoms with E-state index < -0.39 is 0 Å². The van der Waals surface area contributed by atoms with E-state index in [4.69, 9.17) is 0 Å². The first kappa shape index (κ1) is 14.4. The Balaban J connectivity index is 2.08. The van der Waals surface area contributed by atoms with E-state index in [1.54, 1.807) is 12.1 Å². The second-order valence-electron chi connectivity index (χ2n) is 5.50. The van der Waals surface area contributed by atoms with Gasteiger partial charge in [0.15, 0.2) is 0 Å². The summed E-state index contributed by atoms with van der Waals surface area (Å²) in [6, 6.07) is 5.30. The molecule has 104 valence electrons. The lowest BCUT2D eigenvalue weighted by atomic mass is 9.86. The van der Waals surface area contributed by atoms with Crippen LogP contribution in [0.4, 0.5) is 0 Å². The molecule has 0 unspecified atom stereocenters. The molecule has 2 rings (SSSR count). The molecule has 0 heterocycles. The number of amides is 1. The lowest BCUT2D eigenvalue weighted by Crippen LogP contribution is -2.39. The molecule has 0 saturated heterocycles. The van der Waals surface area contributed by atoms with Gasteiger partial charge in [-0.2, -0.15) is 0 Å². The second kappa shape index (κ2) is 5.95. The van der Waals surface area contributed by atoms with Gasteiger partial charge in [-0.3, -0.25) is 4.79 Å². The maximum atomic E-state index is 12.4. The van der Waals surface area contributed by atoms with Gasteiger partial charge in [-0.1, -0.05) is 6.92 Å². The Labute approximate surface area is 122 Å².